The number of carbonyl (C=O) groups excluding carboxylic acids is 2. The van der Waals surface area contributed by atoms with E-state index in [1.54, 1.807) is 23.1 Å². The highest BCUT2D eigenvalue weighted by atomic mass is 16.6. The third-order valence-electron chi connectivity index (χ3n) is 9.10. The van der Waals surface area contributed by atoms with Crippen molar-refractivity contribution in [2.24, 2.45) is 5.41 Å². The van der Waals surface area contributed by atoms with E-state index in [9.17, 15) is 14.7 Å². The van der Waals surface area contributed by atoms with Crippen LogP contribution < -0.4 is 10.6 Å². The molecule has 0 unspecified atom stereocenters. The van der Waals surface area contributed by atoms with Crippen LogP contribution >= 0.6 is 0 Å². The third kappa shape index (κ3) is 5.46. The molecule has 10 heteroatoms. The summed E-state index contributed by atoms with van der Waals surface area (Å²) in [5.41, 5.74) is 7.95. The maximum atomic E-state index is 14.4. The fraction of sp³-hybridized carbons (Fsp3) is 0.455. The molecule has 2 aromatic carbocycles. The van der Waals surface area contributed by atoms with Crippen molar-refractivity contribution in [3.8, 4) is 17.0 Å². The topological polar surface area (TPSA) is 125 Å². The number of phenols is 1. The van der Waals surface area contributed by atoms with E-state index in [2.05, 4.69) is 27.2 Å². The predicted octanol–water partition coefficient (Wildman–Crippen LogP) is 4.44. The number of hydrogen-bond donors (Lipinski definition) is 2. The average Bonchev–Trinajstić information content (AvgIpc) is 3.43. The van der Waals surface area contributed by atoms with E-state index in [4.69, 9.17) is 10.5 Å². The minimum atomic E-state index is -0.654. The number of nitrogens with two attached hydrogens (primary N) is 1. The largest absolute Gasteiger partial charge is 0.507 e. The van der Waals surface area contributed by atoms with Crippen LogP contribution in [0.2, 0.25) is 0 Å². The quantitative estimate of drug-likeness (QED) is 0.461. The number of benzene rings is 2. The smallest absolute Gasteiger partial charge is 0.410 e. The molecule has 0 saturated carbocycles. The van der Waals surface area contributed by atoms with Gasteiger partial charge in [-0.3, -0.25) is 4.79 Å². The average molecular weight is 585 g/mol. The molecule has 0 atom stereocenters. The number of likely N-dealkylation sites (tertiary alicyclic amines) is 2. The van der Waals surface area contributed by atoms with Gasteiger partial charge in [-0.15, -0.1) is 10.2 Å². The van der Waals surface area contributed by atoms with Gasteiger partial charge in [-0.05, 0) is 63.8 Å². The van der Waals surface area contributed by atoms with Crippen LogP contribution in [0.15, 0.2) is 60.7 Å². The first-order valence-corrected chi connectivity index (χ1v) is 15.0. The molecule has 0 aliphatic carbocycles. The lowest BCUT2D eigenvalue weighted by molar-refractivity contribution is -0.150. The molecular formula is C33H40N6O4. The van der Waals surface area contributed by atoms with Crippen LogP contribution in [0.5, 0.6) is 5.75 Å². The van der Waals surface area contributed by atoms with Gasteiger partial charge in [0.25, 0.3) is 0 Å². The number of aromatic nitrogens is 2. The number of nitrogen functional groups attached to an aromatic ring is 1. The first-order valence-electron chi connectivity index (χ1n) is 15.0. The van der Waals surface area contributed by atoms with Crippen LogP contribution in [-0.2, 0) is 14.9 Å². The highest BCUT2D eigenvalue weighted by Gasteiger charge is 2.55. The summed E-state index contributed by atoms with van der Waals surface area (Å²) in [7, 11) is 0. The van der Waals surface area contributed by atoms with Crippen LogP contribution in [0.1, 0.15) is 45.6 Å². The van der Waals surface area contributed by atoms with E-state index in [0.717, 1.165) is 17.7 Å². The van der Waals surface area contributed by atoms with Crippen molar-refractivity contribution in [3.63, 3.8) is 0 Å². The Kier molecular flexibility index (Phi) is 7.18. The molecule has 43 heavy (non-hydrogen) atoms. The van der Waals surface area contributed by atoms with Crippen molar-refractivity contribution < 1.29 is 19.4 Å². The van der Waals surface area contributed by atoms with Gasteiger partial charge in [0, 0.05) is 50.2 Å². The van der Waals surface area contributed by atoms with Crippen molar-refractivity contribution in [2.45, 2.75) is 51.0 Å². The van der Waals surface area contributed by atoms with Crippen molar-refractivity contribution in [2.75, 3.05) is 49.9 Å². The lowest BCUT2D eigenvalue weighted by atomic mass is 9.69. The van der Waals surface area contributed by atoms with Gasteiger partial charge in [0.2, 0.25) is 5.91 Å². The lowest BCUT2D eigenvalue weighted by Gasteiger charge is -2.52. The Hall–Kier alpha value is -4.34. The first-order chi connectivity index (χ1) is 20.5. The van der Waals surface area contributed by atoms with Gasteiger partial charge in [-0.25, -0.2) is 4.79 Å². The molecule has 3 saturated heterocycles. The number of nitrogens with zero attached hydrogens (tertiary/aromatic N) is 5. The Labute approximate surface area is 252 Å². The minimum absolute atomic E-state index is 0.0678. The van der Waals surface area contributed by atoms with Crippen LogP contribution in [-0.4, -0.2) is 82.0 Å². The van der Waals surface area contributed by atoms with Gasteiger partial charge in [0.15, 0.2) is 5.82 Å². The number of para-hydroxylation sites is 1. The second-order valence-electron chi connectivity index (χ2n) is 13.3. The molecule has 2 amide bonds. The first kappa shape index (κ1) is 28.8. The second-order valence-corrected chi connectivity index (χ2v) is 13.3. The molecule has 0 bridgehead atoms. The zero-order valence-electron chi connectivity index (χ0n) is 25.1. The Morgan fingerprint density at radius 2 is 1.53 bits per heavy atom. The Balaban J connectivity index is 1.18. The summed E-state index contributed by atoms with van der Waals surface area (Å²) in [6.07, 6.45) is 1.84. The number of carbonyl (C=O) groups is 2. The van der Waals surface area contributed by atoms with Crippen LogP contribution in [0, 0.1) is 5.41 Å². The standard InChI is InChI=1S/C33H40N6O4/c1-31(2,3)43-30(42)38-16-13-32(20-38)21-39(22-32)29(41)33(23-9-5-4-6-10-23)14-17-37(18-15-33)26-19-25(35-36-28(26)34)24-11-7-8-12-27(24)40/h4-12,19,40H,13-18,20-22H2,1-3H3,(H2,34,36). The van der Waals surface area contributed by atoms with Crippen molar-refractivity contribution in [1.29, 1.82) is 0 Å². The van der Waals surface area contributed by atoms with Gasteiger partial charge in [-0.1, -0.05) is 42.5 Å². The number of hydrogen-bond acceptors (Lipinski definition) is 8. The SMILES string of the molecule is CC(C)(C)OC(=O)N1CCC2(C1)CN(C(=O)C1(c3ccccc3)CCN(c3cc(-c4ccccc4O)nnc3N)CC1)C2. The summed E-state index contributed by atoms with van der Waals surface area (Å²) in [5, 5.41) is 18.8. The molecule has 3 fully saturated rings. The predicted molar refractivity (Wildman–Crippen MR) is 165 cm³/mol. The second kappa shape index (κ2) is 10.7. The molecular weight excluding hydrogens is 544 g/mol. The molecule has 10 nitrogen and oxygen atoms in total. The number of piperidine rings is 1. The Morgan fingerprint density at radius 3 is 2.21 bits per heavy atom. The van der Waals surface area contributed by atoms with E-state index in [0.29, 0.717) is 69.2 Å². The maximum Gasteiger partial charge on any atom is 0.410 e. The van der Waals surface area contributed by atoms with Crippen LogP contribution in [0.4, 0.5) is 16.3 Å². The van der Waals surface area contributed by atoms with E-state index in [-0.39, 0.29) is 23.2 Å². The van der Waals surface area contributed by atoms with Gasteiger partial charge >= 0.3 is 6.09 Å². The zero-order valence-corrected chi connectivity index (χ0v) is 25.1. The van der Waals surface area contributed by atoms with E-state index in [1.807, 2.05) is 56.0 Å². The molecule has 3 aliphatic rings. The summed E-state index contributed by atoms with van der Waals surface area (Å²) >= 11 is 0. The summed E-state index contributed by atoms with van der Waals surface area (Å²) in [6, 6.07) is 19.0. The third-order valence-corrected chi connectivity index (χ3v) is 9.10. The van der Waals surface area contributed by atoms with Crippen LogP contribution in [0.25, 0.3) is 11.3 Å². The fourth-order valence-corrected chi connectivity index (χ4v) is 6.86. The van der Waals surface area contributed by atoms with Gasteiger partial charge in [0.05, 0.1) is 16.8 Å². The lowest BCUT2D eigenvalue weighted by Crippen LogP contribution is -2.64. The molecule has 1 spiro atoms. The maximum absolute atomic E-state index is 14.4. The van der Waals surface area contributed by atoms with E-state index < -0.39 is 11.0 Å². The molecule has 3 aromatic rings. The summed E-state index contributed by atoms with van der Waals surface area (Å²) in [5.74, 6) is 0.595. The molecule has 4 heterocycles. The highest BCUT2D eigenvalue weighted by Crippen LogP contribution is 2.46. The highest BCUT2D eigenvalue weighted by molar-refractivity contribution is 5.90. The number of anilines is 2. The summed E-state index contributed by atoms with van der Waals surface area (Å²) < 4.78 is 5.59. The molecule has 6 rings (SSSR count). The van der Waals surface area contributed by atoms with Gasteiger partial charge in [0.1, 0.15) is 11.4 Å². The zero-order chi connectivity index (χ0) is 30.4. The number of amides is 2. The molecule has 3 aliphatic heterocycles. The summed E-state index contributed by atoms with van der Waals surface area (Å²) in [6.45, 7) is 9.42. The fourth-order valence-electron chi connectivity index (χ4n) is 6.86. The van der Waals surface area contributed by atoms with Crippen molar-refractivity contribution in [3.05, 3.63) is 66.2 Å². The number of phenolic OH excluding ortho intramolecular Hbond substituents is 1. The van der Waals surface area contributed by atoms with Gasteiger partial charge < -0.3 is 30.3 Å². The van der Waals surface area contributed by atoms with Crippen molar-refractivity contribution >= 4 is 23.5 Å². The minimum Gasteiger partial charge on any atom is -0.507 e. The van der Waals surface area contributed by atoms with E-state index >= 15 is 0 Å². The molecule has 1 aromatic heterocycles. The molecule has 3 N–H and O–H groups in total. The number of rotatable bonds is 4. The Morgan fingerprint density at radius 1 is 0.884 bits per heavy atom. The number of ether oxygens (including phenoxy) is 1. The van der Waals surface area contributed by atoms with E-state index in [1.165, 1.54) is 0 Å². The normalized spacial score (nSPS) is 19.3. The molecule has 0 radical (unpaired) electrons. The van der Waals surface area contributed by atoms with Crippen molar-refractivity contribution in [1.82, 2.24) is 20.0 Å². The molecule has 226 valence electrons. The number of aromatic hydroxyl groups is 1. The summed E-state index contributed by atoms with van der Waals surface area (Å²) in [4.78, 5) is 33.0. The Bertz CT molecular complexity index is 1510. The monoisotopic (exact) mass is 584 g/mol. The van der Waals surface area contributed by atoms with Crippen LogP contribution in [0.3, 0.4) is 0 Å². The van der Waals surface area contributed by atoms with Gasteiger partial charge in [-0.2, -0.15) is 0 Å².